The lowest BCUT2D eigenvalue weighted by molar-refractivity contribution is -0.116. The van der Waals surface area contributed by atoms with E-state index < -0.39 is 15.7 Å². The van der Waals surface area contributed by atoms with Crippen LogP contribution in [0.1, 0.15) is 0 Å². The Hall–Kier alpha value is -2.94. The number of carbonyl (C=O) groups excluding carboxylic acids is 1. The highest BCUT2D eigenvalue weighted by Crippen LogP contribution is 2.13. The van der Waals surface area contributed by atoms with Crippen LogP contribution in [-0.4, -0.2) is 34.7 Å². The Labute approximate surface area is 143 Å². The van der Waals surface area contributed by atoms with Gasteiger partial charge in [-0.3, -0.25) is 13.9 Å². The van der Waals surface area contributed by atoms with Crippen LogP contribution in [0.2, 0.25) is 0 Å². The molecule has 1 amide bonds. The number of pyridine rings is 1. The highest BCUT2D eigenvalue weighted by atomic mass is 32.2. The molecule has 3 rings (SSSR count). The van der Waals surface area contributed by atoms with Crippen LogP contribution in [0.25, 0.3) is 11.0 Å². The lowest BCUT2D eigenvalue weighted by Crippen LogP contribution is -2.28. The second-order valence-corrected chi connectivity index (χ2v) is 7.58. The molecule has 8 nitrogen and oxygen atoms in total. The summed E-state index contributed by atoms with van der Waals surface area (Å²) in [6, 6.07) is 9.96. The minimum atomic E-state index is -3.40. The summed E-state index contributed by atoms with van der Waals surface area (Å²) in [6.45, 7) is -0.159. The van der Waals surface area contributed by atoms with Gasteiger partial charge in [-0.05, 0) is 24.3 Å². The van der Waals surface area contributed by atoms with Crippen LogP contribution in [-0.2, 0) is 28.2 Å². The van der Waals surface area contributed by atoms with Gasteiger partial charge in [0.05, 0.1) is 22.9 Å². The predicted octanol–water partition coefficient (Wildman–Crippen LogP) is 0.777. The summed E-state index contributed by atoms with van der Waals surface area (Å²) in [6.07, 6.45) is 2.32. The zero-order chi connectivity index (χ0) is 18.2. The highest BCUT2D eigenvalue weighted by Gasteiger charge is 2.14. The maximum atomic E-state index is 12.3. The van der Waals surface area contributed by atoms with Gasteiger partial charge in [0.15, 0.2) is 14.9 Å². The first kappa shape index (κ1) is 16.9. The summed E-state index contributed by atoms with van der Waals surface area (Å²) in [5, 5.41) is 2.53. The Morgan fingerprint density at radius 2 is 1.84 bits per heavy atom. The first-order chi connectivity index (χ1) is 11.8. The molecule has 0 atom stereocenters. The molecule has 25 heavy (non-hydrogen) atoms. The van der Waals surface area contributed by atoms with Crippen LogP contribution >= 0.6 is 0 Å². The molecule has 0 aliphatic rings. The molecule has 9 heteroatoms. The molecule has 1 N–H and O–H groups in total. The second-order valence-electron chi connectivity index (χ2n) is 5.62. The summed E-state index contributed by atoms with van der Waals surface area (Å²) in [5.74, 6) is -0.410. The van der Waals surface area contributed by atoms with E-state index >= 15 is 0 Å². The Bertz CT molecular complexity index is 1110. The molecule has 2 aromatic heterocycles. The number of hydrogen-bond acceptors (Lipinski definition) is 5. The Kier molecular flexibility index (Phi) is 4.17. The van der Waals surface area contributed by atoms with Crippen LogP contribution in [0.3, 0.4) is 0 Å². The third-order valence-electron chi connectivity index (χ3n) is 3.75. The molecule has 0 saturated carbocycles. The van der Waals surface area contributed by atoms with Crippen LogP contribution in [0.4, 0.5) is 5.69 Å². The standard InChI is InChI=1S/C16H16N4O4S/c1-19-12-5-3-4-6-13(12)20(16(19)22)10-14(21)18-11-7-8-15(17-9-11)25(2,23)24/h3-9H,10H2,1-2H3,(H,18,21). The predicted molar refractivity (Wildman–Crippen MR) is 93.2 cm³/mol. The van der Waals surface area contributed by atoms with Crippen LogP contribution in [0.5, 0.6) is 0 Å². The third kappa shape index (κ3) is 3.31. The monoisotopic (exact) mass is 360 g/mol. The van der Waals surface area contributed by atoms with E-state index in [2.05, 4.69) is 10.3 Å². The van der Waals surface area contributed by atoms with Gasteiger partial charge in [0.25, 0.3) is 0 Å². The van der Waals surface area contributed by atoms with Gasteiger partial charge in [-0.2, -0.15) is 0 Å². The zero-order valence-electron chi connectivity index (χ0n) is 13.6. The van der Waals surface area contributed by atoms with Crippen molar-refractivity contribution in [2.75, 3.05) is 11.6 Å². The number of hydrogen-bond donors (Lipinski definition) is 1. The van der Waals surface area contributed by atoms with E-state index in [4.69, 9.17) is 0 Å². The molecule has 0 bridgehead atoms. The fourth-order valence-electron chi connectivity index (χ4n) is 2.53. The molecule has 0 aliphatic carbocycles. The maximum Gasteiger partial charge on any atom is 0.329 e. The summed E-state index contributed by atoms with van der Waals surface area (Å²) in [7, 11) is -1.75. The van der Waals surface area contributed by atoms with Gasteiger partial charge in [-0.1, -0.05) is 12.1 Å². The molecule has 1 aromatic carbocycles. The normalized spacial score (nSPS) is 11.6. The Morgan fingerprint density at radius 1 is 1.16 bits per heavy atom. The molecular formula is C16H16N4O4S. The number of fused-ring (bicyclic) bond motifs is 1. The molecule has 0 aliphatic heterocycles. The smallest absolute Gasteiger partial charge is 0.323 e. The van der Waals surface area contributed by atoms with Gasteiger partial charge in [0.2, 0.25) is 5.91 Å². The number of carbonyl (C=O) groups is 1. The van der Waals surface area contributed by atoms with E-state index in [0.717, 1.165) is 11.8 Å². The maximum absolute atomic E-state index is 12.3. The number of nitrogens with zero attached hydrogens (tertiary/aromatic N) is 3. The minimum Gasteiger partial charge on any atom is -0.323 e. The summed E-state index contributed by atoms with van der Waals surface area (Å²) < 4.78 is 25.6. The Morgan fingerprint density at radius 3 is 2.44 bits per heavy atom. The first-order valence-electron chi connectivity index (χ1n) is 7.37. The molecule has 0 unspecified atom stereocenters. The lowest BCUT2D eigenvalue weighted by atomic mass is 10.3. The van der Waals surface area contributed by atoms with E-state index in [0.29, 0.717) is 11.2 Å². The number of amides is 1. The van der Waals surface area contributed by atoms with Crippen molar-refractivity contribution in [1.82, 2.24) is 14.1 Å². The first-order valence-corrected chi connectivity index (χ1v) is 9.27. The van der Waals surface area contributed by atoms with E-state index in [1.165, 1.54) is 27.5 Å². The number of aromatic nitrogens is 3. The van der Waals surface area contributed by atoms with Crippen LogP contribution < -0.4 is 11.0 Å². The Balaban J connectivity index is 1.82. The summed E-state index contributed by atoms with van der Waals surface area (Å²) >= 11 is 0. The summed E-state index contributed by atoms with van der Waals surface area (Å²) in [5.41, 5.74) is 1.46. The van der Waals surface area contributed by atoms with Gasteiger partial charge < -0.3 is 5.32 Å². The van der Waals surface area contributed by atoms with E-state index in [1.54, 1.807) is 25.2 Å². The average Bonchev–Trinajstić information content (AvgIpc) is 2.80. The quantitative estimate of drug-likeness (QED) is 0.740. The van der Waals surface area contributed by atoms with Crippen LogP contribution in [0.15, 0.2) is 52.4 Å². The number of rotatable bonds is 4. The minimum absolute atomic E-state index is 0.0734. The van der Waals surface area contributed by atoms with E-state index in [9.17, 15) is 18.0 Å². The molecule has 0 fully saturated rings. The molecule has 3 aromatic rings. The number of benzene rings is 1. The SMILES string of the molecule is Cn1c(=O)n(CC(=O)Nc2ccc(S(C)(=O)=O)nc2)c2ccccc21. The van der Waals surface area contributed by atoms with Crippen molar-refractivity contribution in [3.63, 3.8) is 0 Å². The second kappa shape index (κ2) is 6.17. The summed E-state index contributed by atoms with van der Waals surface area (Å²) in [4.78, 5) is 28.3. The van der Waals surface area contributed by atoms with Gasteiger partial charge in [0, 0.05) is 13.3 Å². The van der Waals surface area contributed by atoms with Crippen molar-refractivity contribution in [1.29, 1.82) is 0 Å². The number of sulfone groups is 1. The lowest BCUT2D eigenvalue weighted by Gasteiger charge is -2.06. The van der Waals surface area contributed by atoms with Gasteiger partial charge in [0.1, 0.15) is 6.54 Å². The van der Waals surface area contributed by atoms with E-state index in [-0.39, 0.29) is 17.3 Å². The number of imidazole rings is 1. The van der Waals surface area contributed by atoms with Crippen molar-refractivity contribution >= 4 is 32.5 Å². The van der Waals surface area contributed by atoms with Crippen LogP contribution in [0, 0.1) is 0 Å². The molecule has 0 radical (unpaired) electrons. The zero-order valence-corrected chi connectivity index (χ0v) is 14.4. The molecule has 130 valence electrons. The number of aryl methyl sites for hydroxylation is 1. The van der Waals surface area contributed by atoms with E-state index in [1.807, 2.05) is 6.07 Å². The molecule has 0 saturated heterocycles. The van der Waals surface area contributed by atoms with Crippen molar-refractivity contribution in [2.45, 2.75) is 11.6 Å². The molecule has 0 spiro atoms. The largest absolute Gasteiger partial charge is 0.329 e. The average molecular weight is 360 g/mol. The van der Waals surface area contributed by atoms with Crippen molar-refractivity contribution in [3.8, 4) is 0 Å². The molecular weight excluding hydrogens is 344 g/mol. The molecule has 2 heterocycles. The number of anilines is 1. The fourth-order valence-corrected chi connectivity index (χ4v) is 3.09. The van der Waals surface area contributed by atoms with Gasteiger partial charge in [-0.15, -0.1) is 0 Å². The topological polar surface area (TPSA) is 103 Å². The third-order valence-corrected chi connectivity index (χ3v) is 4.75. The van der Waals surface area contributed by atoms with Crippen molar-refractivity contribution < 1.29 is 13.2 Å². The van der Waals surface area contributed by atoms with Gasteiger partial charge in [-0.25, -0.2) is 18.2 Å². The number of nitrogens with one attached hydrogen (secondary N) is 1. The fraction of sp³-hybridized carbons (Fsp3) is 0.188. The highest BCUT2D eigenvalue weighted by molar-refractivity contribution is 7.90. The number of para-hydroxylation sites is 2. The van der Waals surface area contributed by atoms with Gasteiger partial charge >= 0.3 is 5.69 Å². The van der Waals surface area contributed by atoms with Crippen molar-refractivity contribution in [2.24, 2.45) is 7.05 Å². The van der Waals surface area contributed by atoms with Crippen molar-refractivity contribution in [3.05, 3.63) is 53.1 Å².